The number of carbonyl (C=O) groups is 1. The smallest absolute Gasteiger partial charge is 0.406 e. The summed E-state index contributed by atoms with van der Waals surface area (Å²) in [4.78, 5) is 10.9. The molecule has 0 saturated heterocycles. The zero-order valence-electron chi connectivity index (χ0n) is 17.6. The molecule has 1 fully saturated rings. The first-order valence-electron chi connectivity index (χ1n) is 10.2. The first-order valence-corrected chi connectivity index (χ1v) is 10.2. The van der Waals surface area contributed by atoms with Gasteiger partial charge in [-0.05, 0) is 31.1 Å². The van der Waals surface area contributed by atoms with Crippen LogP contribution in [-0.4, -0.2) is 46.2 Å². The second-order valence-corrected chi connectivity index (χ2v) is 5.73. The largest absolute Gasteiger partial charge is 0.453 e. The van der Waals surface area contributed by atoms with Crippen LogP contribution >= 0.6 is 0 Å². The van der Waals surface area contributed by atoms with Gasteiger partial charge in [-0.1, -0.05) is 53.9 Å². The molecule has 0 aromatic heterocycles. The van der Waals surface area contributed by atoms with Crippen molar-refractivity contribution in [2.75, 3.05) is 40.1 Å². The molecule has 0 aromatic rings. The number of methoxy groups -OCH3 is 1. The summed E-state index contributed by atoms with van der Waals surface area (Å²) in [6.45, 7) is 13.7. The first kappa shape index (κ1) is 26.4. The molecular formula is C20H43NO4. The number of alkyl carbamates (subject to hydrolysis) is 1. The lowest BCUT2D eigenvalue weighted by Crippen LogP contribution is -2.30. The van der Waals surface area contributed by atoms with E-state index in [1.807, 2.05) is 27.7 Å². The second-order valence-electron chi connectivity index (χ2n) is 5.73. The second kappa shape index (κ2) is 21.2. The summed E-state index contributed by atoms with van der Waals surface area (Å²) < 4.78 is 16.0. The summed E-state index contributed by atoms with van der Waals surface area (Å²) in [7, 11) is 1.36. The van der Waals surface area contributed by atoms with Crippen LogP contribution in [0.15, 0.2) is 0 Å². The van der Waals surface area contributed by atoms with E-state index in [-0.39, 0.29) is 0 Å². The minimum atomic E-state index is -0.404. The minimum absolute atomic E-state index is 0.404. The van der Waals surface area contributed by atoms with Crippen LogP contribution in [0.3, 0.4) is 0 Å². The first-order chi connectivity index (χ1) is 12.3. The molecule has 0 aliphatic heterocycles. The van der Waals surface area contributed by atoms with Crippen LogP contribution in [0, 0.1) is 11.8 Å². The summed E-state index contributed by atoms with van der Waals surface area (Å²) in [5.74, 6) is 1.22. The Morgan fingerprint density at radius 1 is 0.960 bits per heavy atom. The average molecular weight is 362 g/mol. The van der Waals surface area contributed by atoms with Gasteiger partial charge in [-0.15, -0.1) is 0 Å². The third-order valence-electron chi connectivity index (χ3n) is 4.07. The standard InChI is InChI=1S/C16H31NO4.2C2H6/c1-3-4-10-20-12-14-7-5-6-8-15(14)13-21-11-9-17-16(18)19-2;2*1-2/h14-15H,3-13H2,1-2H3,(H,17,18);2*1-2H3. The van der Waals surface area contributed by atoms with Crippen molar-refractivity contribution in [3.63, 3.8) is 0 Å². The van der Waals surface area contributed by atoms with Crippen molar-refractivity contribution in [3.8, 4) is 0 Å². The van der Waals surface area contributed by atoms with Crippen molar-refractivity contribution in [2.45, 2.75) is 73.1 Å². The molecule has 2 atom stereocenters. The molecule has 1 saturated carbocycles. The van der Waals surface area contributed by atoms with E-state index in [0.717, 1.165) is 26.2 Å². The number of hydrogen-bond donors (Lipinski definition) is 1. The minimum Gasteiger partial charge on any atom is -0.453 e. The Balaban J connectivity index is 0. The Hall–Kier alpha value is -0.810. The van der Waals surface area contributed by atoms with E-state index < -0.39 is 6.09 Å². The number of ether oxygens (including phenoxy) is 3. The third kappa shape index (κ3) is 15.2. The SMILES string of the molecule is CC.CC.CCCCOCC1CCCCC1COCCNC(=O)OC. The zero-order valence-corrected chi connectivity index (χ0v) is 17.6. The van der Waals surface area contributed by atoms with Crippen LogP contribution in [-0.2, 0) is 14.2 Å². The van der Waals surface area contributed by atoms with Gasteiger partial charge in [0.25, 0.3) is 0 Å². The van der Waals surface area contributed by atoms with E-state index in [1.54, 1.807) is 0 Å². The van der Waals surface area contributed by atoms with Crippen LogP contribution in [0.2, 0.25) is 0 Å². The average Bonchev–Trinajstić information content (AvgIpc) is 2.69. The molecule has 1 N–H and O–H groups in total. The predicted octanol–water partition coefficient (Wildman–Crippen LogP) is 5.03. The van der Waals surface area contributed by atoms with Gasteiger partial charge in [0.15, 0.2) is 0 Å². The Kier molecular flexibility index (Phi) is 22.4. The molecule has 1 aliphatic carbocycles. The highest BCUT2D eigenvalue weighted by atomic mass is 16.5. The van der Waals surface area contributed by atoms with Gasteiger partial charge in [0.1, 0.15) is 0 Å². The normalized spacial score (nSPS) is 19.0. The number of amides is 1. The van der Waals surface area contributed by atoms with Gasteiger partial charge in [0.05, 0.1) is 13.7 Å². The van der Waals surface area contributed by atoms with E-state index in [2.05, 4.69) is 17.0 Å². The number of carbonyl (C=O) groups excluding carboxylic acids is 1. The van der Waals surface area contributed by atoms with Crippen LogP contribution < -0.4 is 5.32 Å². The van der Waals surface area contributed by atoms with E-state index in [9.17, 15) is 4.79 Å². The Bertz CT molecular complexity index is 274. The Labute approximate surface area is 156 Å². The van der Waals surface area contributed by atoms with Crippen LogP contribution in [0.1, 0.15) is 73.1 Å². The lowest BCUT2D eigenvalue weighted by molar-refractivity contribution is 0.0143. The maximum Gasteiger partial charge on any atom is 0.406 e. The molecule has 5 nitrogen and oxygen atoms in total. The summed E-state index contributed by atoms with van der Waals surface area (Å²) in [6.07, 6.45) is 7.00. The highest BCUT2D eigenvalue weighted by Gasteiger charge is 2.25. The topological polar surface area (TPSA) is 56.8 Å². The lowest BCUT2D eigenvalue weighted by Gasteiger charge is -2.31. The highest BCUT2D eigenvalue weighted by Crippen LogP contribution is 2.30. The lowest BCUT2D eigenvalue weighted by atomic mass is 9.80. The fourth-order valence-corrected chi connectivity index (χ4v) is 2.74. The number of unbranched alkanes of at least 4 members (excludes halogenated alkanes) is 1. The fraction of sp³-hybridized carbons (Fsp3) is 0.950. The predicted molar refractivity (Wildman–Crippen MR) is 105 cm³/mol. The van der Waals surface area contributed by atoms with Crippen LogP contribution in [0.25, 0.3) is 0 Å². The molecule has 0 radical (unpaired) electrons. The van der Waals surface area contributed by atoms with Crippen molar-refractivity contribution < 1.29 is 19.0 Å². The molecule has 25 heavy (non-hydrogen) atoms. The maximum absolute atomic E-state index is 10.9. The van der Waals surface area contributed by atoms with Gasteiger partial charge in [-0.2, -0.15) is 0 Å². The van der Waals surface area contributed by atoms with Gasteiger partial charge in [0.2, 0.25) is 0 Å². The molecule has 1 aliphatic rings. The number of hydrogen-bond acceptors (Lipinski definition) is 4. The van der Waals surface area contributed by atoms with Gasteiger partial charge < -0.3 is 19.5 Å². The van der Waals surface area contributed by atoms with E-state index in [0.29, 0.717) is 25.0 Å². The van der Waals surface area contributed by atoms with Crippen LogP contribution in [0.5, 0.6) is 0 Å². The van der Waals surface area contributed by atoms with E-state index in [4.69, 9.17) is 9.47 Å². The molecule has 5 heteroatoms. The molecule has 152 valence electrons. The van der Waals surface area contributed by atoms with Crippen molar-refractivity contribution in [1.82, 2.24) is 5.32 Å². The highest BCUT2D eigenvalue weighted by molar-refractivity contribution is 5.66. The number of nitrogens with one attached hydrogen (secondary N) is 1. The molecule has 2 unspecified atom stereocenters. The molecule has 1 amide bonds. The van der Waals surface area contributed by atoms with Gasteiger partial charge in [-0.3, -0.25) is 0 Å². The van der Waals surface area contributed by atoms with Gasteiger partial charge >= 0.3 is 6.09 Å². The summed E-state index contributed by atoms with van der Waals surface area (Å²) in [6, 6.07) is 0. The molecule has 0 spiro atoms. The van der Waals surface area contributed by atoms with Crippen molar-refractivity contribution in [3.05, 3.63) is 0 Å². The molecular weight excluding hydrogens is 318 g/mol. The molecule has 0 bridgehead atoms. The summed E-state index contributed by atoms with van der Waals surface area (Å²) in [5.41, 5.74) is 0. The maximum atomic E-state index is 10.9. The van der Waals surface area contributed by atoms with Crippen LogP contribution in [0.4, 0.5) is 4.79 Å². The van der Waals surface area contributed by atoms with E-state index in [1.165, 1.54) is 39.2 Å². The monoisotopic (exact) mass is 361 g/mol. The Morgan fingerprint density at radius 3 is 1.96 bits per heavy atom. The molecule has 1 rings (SSSR count). The quantitative estimate of drug-likeness (QED) is 0.554. The van der Waals surface area contributed by atoms with Gasteiger partial charge in [-0.25, -0.2) is 4.79 Å². The number of rotatable bonds is 10. The summed E-state index contributed by atoms with van der Waals surface area (Å²) >= 11 is 0. The van der Waals surface area contributed by atoms with Crippen molar-refractivity contribution in [2.24, 2.45) is 11.8 Å². The van der Waals surface area contributed by atoms with Gasteiger partial charge in [0, 0.05) is 26.4 Å². The zero-order chi connectivity index (χ0) is 19.3. The molecule has 0 heterocycles. The molecule has 0 aromatic carbocycles. The van der Waals surface area contributed by atoms with Crippen molar-refractivity contribution >= 4 is 6.09 Å². The van der Waals surface area contributed by atoms with Crippen molar-refractivity contribution in [1.29, 1.82) is 0 Å². The Morgan fingerprint density at radius 2 is 1.48 bits per heavy atom. The fourth-order valence-electron chi connectivity index (χ4n) is 2.74. The third-order valence-corrected chi connectivity index (χ3v) is 4.07. The van der Waals surface area contributed by atoms with E-state index >= 15 is 0 Å². The summed E-state index contributed by atoms with van der Waals surface area (Å²) in [5, 5.41) is 2.62.